The average molecular weight is 271 g/mol. The van der Waals surface area contributed by atoms with Gasteiger partial charge in [0.15, 0.2) is 0 Å². The van der Waals surface area contributed by atoms with Crippen LogP contribution in [-0.2, 0) is 19.0 Å². The number of carbonyl (C=O) groups excluding carboxylic acids is 1. The van der Waals surface area contributed by atoms with Gasteiger partial charge in [-0.3, -0.25) is 10.1 Å². The number of nitrogens with one attached hydrogen (secondary N) is 1. The molecule has 1 N–H and O–H groups in total. The van der Waals surface area contributed by atoms with Crippen LogP contribution in [0, 0.1) is 0 Å². The predicted molar refractivity (Wildman–Crippen MR) is 71.0 cm³/mol. The van der Waals surface area contributed by atoms with E-state index in [1.165, 1.54) is 7.11 Å². The molecule has 0 radical (unpaired) electrons. The van der Waals surface area contributed by atoms with Crippen LogP contribution >= 0.6 is 0 Å². The van der Waals surface area contributed by atoms with Crippen LogP contribution in [0.15, 0.2) is 0 Å². The summed E-state index contributed by atoms with van der Waals surface area (Å²) in [6.07, 6.45) is 4.87. The summed E-state index contributed by atoms with van der Waals surface area (Å²) in [5.74, 6) is -0.143. The van der Waals surface area contributed by atoms with Crippen LogP contribution in [0.4, 0.5) is 0 Å². The SMILES string of the molecule is CCOCCOC1CCC(NC2CC2)(C(=O)OC)C1. The van der Waals surface area contributed by atoms with Crippen LogP contribution in [-0.4, -0.2) is 50.6 Å². The summed E-state index contributed by atoms with van der Waals surface area (Å²) in [5, 5.41) is 3.46. The molecule has 2 atom stereocenters. The van der Waals surface area contributed by atoms with Gasteiger partial charge in [-0.05, 0) is 32.6 Å². The quantitative estimate of drug-likeness (QED) is 0.532. The Kier molecular flexibility index (Phi) is 5.19. The first kappa shape index (κ1) is 14.8. The van der Waals surface area contributed by atoms with Gasteiger partial charge in [0.25, 0.3) is 0 Å². The summed E-state index contributed by atoms with van der Waals surface area (Å²) in [5.41, 5.74) is -0.522. The third-order valence-corrected chi connectivity index (χ3v) is 3.89. The van der Waals surface area contributed by atoms with Crippen molar-refractivity contribution in [2.45, 2.75) is 56.7 Å². The smallest absolute Gasteiger partial charge is 0.326 e. The van der Waals surface area contributed by atoms with E-state index in [1.807, 2.05) is 6.92 Å². The lowest BCUT2D eigenvalue weighted by atomic mass is 9.97. The van der Waals surface area contributed by atoms with E-state index in [0.29, 0.717) is 32.3 Å². The van der Waals surface area contributed by atoms with E-state index in [-0.39, 0.29) is 12.1 Å². The molecule has 2 unspecified atom stereocenters. The van der Waals surface area contributed by atoms with Crippen molar-refractivity contribution in [2.24, 2.45) is 0 Å². The van der Waals surface area contributed by atoms with Gasteiger partial charge >= 0.3 is 5.97 Å². The Morgan fingerprint density at radius 1 is 1.32 bits per heavy atom. The Hall–Kier alpha value is -0.650. The fourth-order valence-corrected chi connectivity index (χ4v) is 2.75. The van der Waals surface area contributed by atoms with Crippen molar-refractivity contribution in [3.05, 3.63) is 0 Å². The molecule has 0 aliphatic heterocycles. The van der Waals surface area contributed by atoms with E-state index in [1.54, 1.807) is 0 Å². The minimum atomic E-state index is -0.522. The third-order valence-electron chi connectivity index (χ3n) is 3.89. The molecule has 0 aromatic rings. The molecule has 2 aliphatic carbocycles. The van der Waals surface area contributed by atoms with E-state index in [2.05, 4.69) is 5.32 Å². The van der Waals surface area contributed by atoms with Crippen molar-refractivity contribution >= 4 is 5.97 Å². The number of rotatable bonds is 8. The minimum absolute atomic E-state index is 0.130. The molecule has 19 heavy (non-hydrogen) atoms. The van der Waals surface area contributed by atoms with Crippen LogP contribution in [0.3, 0.4) is 0 Å². The Bertz CT molecular complexity index is 306. The van der Waals surface area contributed by atoms with Gasteiger partial charge in [0.2, 0.25) is 0 Å². The molecule has 0 saturated heterocycles. The first-order chi connectivity index (χ1) is 9.20. The highest BCUT2D eigenvalue weighted by Gasteiger charge is 2.49. The van der Waals surface area contributed by atoms with Crippen LogP contribution in [0.2, 0.25) is 0 Å². The van der Waals surface area contributed by atoms with Gasteiger partial charge < -0.3 is 14.2 Å². The van der Waals surface area contributed by atoms with Crippen LogP contribution in [0.1, 0.15) is 39.0 Å². The standard InChI is InChI=1S/C14H25NO4/c1-3-18-8-9-19-12-6-7-14(10-12,13(16)17-2)15-11-4-5-11/h11-12,15H,3-10H2,1-2H3. The second kappa shape index (κ2) is 6.68. The lowest BCUT2D eigenvalue weighted by Gasteiger charge is -2.27. The van der Waals surface area contributed by atoms with Crippen LogP contribution < -0.4 is 5.32 Å². The first-order valence-corrected chi connectivity index (χ1v) is 7.25. The highest BCUT2D eigenvalue weighted by atomic mass is 16.5. The summed E-state index contributed by atoms with van der Waals surface area (Å²) < 4.78 is 16.0. The molecule has 110 valence electrons. The van der Waals surface area contributed by atoms with Crippen molar-refractivity contribution in [2.75, 3.05) is 26.9 Å². The van der Waals surface area contributed by atoms with E-state index in [9.17, 15) is 4.79 Å². The maximum Gasteiger partial charge on any atom is 0.326 e. The predicted octanol–water partition coefficient (Wildman–Crippen LogP) is 1.26. The van der Waals surface area contributed by atoms with Gasteiger partial charge in [0.05, 0.1) is 26.4 Å². The van der Waals surface area contributed by atoms with Crippen LogP contribution in [0.5, 0.6) is 0 Å². The van der Waals surface area contributed by atoms with Crippen molar-refractivity contribution in [3.8, 4) is 0 Å². The van der Waals surface area contributed by atoms with Gasteiger partial charge in [-0.1, -0.05) is 0 Å². The molecule has 2 rings (SSSR count). The zero-order chi connectivity index (χ0) is 13.7. The molecule has 0 aromatic heterocycles. The molecular formula is C14H25NO4. The second-order valence-electron chi connectivity index (χ2n) is 5.42. The minimum Gasteiger partial charge on any atom is -0.468 e. The lowest BCUT2D eigenvalue weighted by molar-refractivity contribution is -0.149. The van der Waals surface area contributed by atoms with Gasteiger partial charge in [-0.25, -0.2) is 0 Å². The second-order valence-corrected chi connectivity index (χ2v) is 5.42. The third kappa shape index (κ3) is 3.91. The summed E-state index contributed by atoms with van der Waals surface area (Å²) in [6.45, 7) is 3.90. The Balaban J connectivity index is 1.82. The number of carbonyl (C=O) groups is 1. The van der Waals surface area contributed by atoms with E-state index < -0.39 is 5.54 Å². The molecule has 5 nitrogen and oxygen atoms in total. The maximum absolute atomic E-state index is 12.1. The monoisotopic (exact) mass is 271 g/mol. The zero-order valence-electron chi connectivity index (χ0n) is 11.9. The summed E-state index contributed by atoms with van der Waals surface area (Å²) in [4.78, 5) is 12.1. The molecule has 2 saturated carbocycles. The lowest BCUT2D eigenvalue weighted by Crippen LogP contribution is -2.52. The molecule has 0 spiro atoms. The van der Waals surface area contributed by atoms with Gasteiger partial charge in [0, 0.05) is 19.1 Å². The molecule has 2 aliphatic rings. The normalized spacial score (nSPS) is 30.5. The van der Waals surface area contributed by atoms with E-state index in [0.717, 1.165) is 25.7 Å². The van der Waals surface area contributed by atoms with Crippen molar-refractivity contribution in [1.29, 1.82) is 0 Å². The molecule has 2 fully saturated rings. The highest BCUT2D eigenvalue weighted by molar-refractivity contribution is 5.81. The largest absolute Gasteiger partial charge is 0.468 e. The molecular weight excluding hydrogens is 246 g/mol. The number of hydrogen-bond donors (Lipinski definition) is 1. The van der Waals surface area contributed by atoms with Crippen molar-refractivity contribution in [3.63, 3.8) is 0 Å². The van der Waals surface area contributed by atoms with Crippen molar-refractivity contribution < 1.29 is 19.0 Å². The molecule has 0 aromatic carbocycles. The van der Waals surface area contributed by atoms with Gasteiger partial charge in [0.1, 0.15) is 5.54 Å². The summed E-state index contributed by atoms with van der Waals surface area (Å²) >= 11 is 0. The van der Waals surface area contributed by atoms with Gasteiger partial charge in [-0.15, -0.1) is 0 Å². The molecule has 0 bridgehead atoms. The average Bonchev–Trinajstić information content (AvgIpc) is 3.13. The Morgan fingerprint density at radius 3 is 2.74 bits per heavy atom. The first-order valence-electron chi connectivity index (χ1n) is 7.25. The highest BCUT2D eigenvalue weighted by Crippen LogP contribution is 2.36. The summed E-state index contributed by atoms with van der Waals surface area (Å²) in [6, 6.07) is 0.487. The molecule has 0 heterocycles. The topological polar surface area (TPSA) is 56.8 Å². The van der Waals surface area contributed by atoms with E-state index in [4.69, 9.17) is 14.2 Å². The summed E-state index contributed by atoms with van der Waals surface area (Å²) in [7, 11) is 1.46. The molecule has 5 heteroatoms. The Morgan fingerprint density at radius 2 is 2.11 bits per heavy atom. The number of esters is 1. The molecule has 0 amide bonds. The van der Waals surface area contributed by atoms with Crippen molar-refractivity contribution in [1.82, 2.24) is 5.32 Å². The van der Waals surface area contributed by atoms with Crippen LogP contribution in [0.25, 0.3) is 0 Å². The number of methoxy groups -OCH3 is 1. The fraction of sp³-hybridized carbons (Fsp3) is 0.929. The Labute approximate surface area is 115 Å². The number of hydrogen-bond acceptors (Lipinski definition) is 5. The number of ether oxygens (including phenoxy) is 3. The van der Waals surface area contributed by atoms with E-state index >= 15 is 0 Å². The maximum atomic E-state index is 12.1. The fourth-order valence-electron chi connectivity index (χ4n) is 2.75. The van der Waals surface area contributed by atoms with Gasteiger partial charge in [-0.2, -0.15) is 0 Å². The zero-order valence-corrected chi connectivity index (χ0v) is 11.9.